The molecule has 0 unspecified atom stereocenters. The molecule has 0 aromatic heterocycles. The molecule has 2 heterocycles. The van der Waals surface area contributed by atoms with Crippen LogP contribution in [0.25, 0.3) is 0 Å². The number of aliphatic hydroxyl groups is 4. The molecule has 4 N–H and O–H groups in total. The zero-order valence-corrected chi connectivity index (χ0v) is 28.2. The highest BCUT2D eigenvalue weighted by Gasteiger charge is 2.50. The molecule has 4 aromatic carbocycles. The van der Waals surface area contributed by atoms with Gasteiger partial charge in [-0.2, -0.15) is 0 Å². The smallest absolute Gasteiger partial charge is 0.187 e. The Morgan fingerprint density at radius 1 is 0.412 bits per heavy atom. The van der Waals surface area contributed by atoms with E-state index in [1.807, 2.05) is 121 Å². The molecule has 11 nitrogen and oxygen atoms in total. The fraction of sp³-hybridized carbons (Fsp3) is 0.400. The summed E-state index contributed by atoms with van der Waals surface area (Å²) in [6, 6.07) is 39.0. The van der Waals surface area contributed by atoms with Gasteiger partial charge in [0.1, 0.15) is 48.8 Å². The Morgan fingerprint density at radius 3 is 1.37 bits per heavy atom. The van der Waals surface area contributed by atoms with Crippen LogP contribution in [0.4, 0.5) is 0 Å². The number of ether oxygens (including phenoxy) is 7. The van der Waals surface area contributed by atoms with Crippen LogP contribution in [0, 0.1) is 0 Å². The number of benzene rings is 4. The number of hydrogen-bond acceptors (Lipinski definition) is 11. The van der Waals surface area contributed by atoms with Crippen LogP contribution in [0.1, 0.15) is 22.3 Å². The van der Waals surface area contributed by atoms with Crippen molar-refractivity contribution in [1.29, 1.82) is 0 Å². The molecule has 4 aromatic rings. The summed E-state index contributed by atoms with van der Waals surface area (Å²) in [7, 11) is 0. The van der Waals surface area contributed by atoms with Gasteiger partial charge in [-0.25, -0.2) is 0 Å². The average Bonchev–Trinajstić information content (AvgIpc) is 3.17. The van der Waals surface area contributed by atoms with Crippen molar-refractivity contribution in [3.05, 3.63) is 144 Å². The van der Waals surface area contributed by atoms with E-state index in [1.54, 1.807) is 0 Å². The normalized spacial score (nSPS) is 29.5. The lowest BCUT2D eigenvalue weighted by Gasteiger charge is -2.46. The minimum atomic E-state index is -1.72. The van der Waals surface area contributed by atoms with Gasteiger partial charge >= 0.3 is 0 Å². The largest absolute Gasteiger partial charge is 0.387 e. The molecule has 6 rings (SSSR count). The van der Waals surface area contributed by atoms with E-state index in [2.05, 4.69) is 0 Å². The second-order valence-electron chi connectivity index (χ2n) is 12.7. The second-order valence-corrected chi connectivity index (χ2v) is 12.7. The molecule has 0 spiro atoms. The third-order valence-corrected chi connectivity index (χ3v) is 8.95. The summed E-state index contributed by atoms with van der Waals surface area (Å²) in [6.45, 7) is 0.862. The minimum Gasteiger partial charge on any atom is -0.387 e. The summed E-state index contributed by atoms with van der Waals surface area (Å²) in [5, 5.41) is 41.2. The fourth-order valence-electron chi connectivity index (χ4n) is 6.14. The van der Waals surface area contributed by atoms with Gasteiger partial charge in [0.05, 0.1) is 39.6 Å². The van der Waals surface area contributed by atoms with Crippen LogP contribution in [-0.4, -0.2) is 95.1 Å². The third-order valence-electron chi connectivity index (χ3n) is 8.95. The molecule has 2 fully saturated rings. The van der Waals surface area contributed by atoms with Crippen molar-refractivity contribution in [2.45, 2.75) is 87.8 Å². The predicted octanol–water partition coefficient (Wildman–Crippen LogP) is 3.50. The molecule has 0 aliphatic carbocycles. The van der Waals surface area contributed by atoms with Crippen molar-refractivity contribution in [2.75, 3.05) is 13.2 Å². The molecule has 2 aliphatic heterocycles. The highest BCUT2D eigenvalue weighted by atomic mass is 16.7. The second kappa shape index (κ2) is 18.8. The molecule has 51 heavy (non-hydrogen) atoms. The summed E-state index contributed by atoms with van der Waals surface area (Å²) in [4.78, 5) is 0. The van der Waals surface area contributed by atoms with Gasteiger partial charge in [-0.1, -0.05) is 121 Å². The van der Waals surface area contributed by atoms with Crippen LogP contribution >= 0.6 is 0 Å². The molecule has 0 saturated carbocycles. The standard InChI is InChI=1S/C40H46O11/c41-33-31(50-39(44)35(43)34(33)42)26-49-40-38(48-24-30-19-11-4-12-20-30)37(47-23-29-17-9-3-10-18-29)36(46-22-28-15-7-2-8-16-28)32(51-40)25-45-21-27-13-5-1-6-14-27/h1-20,31-44H,21-26H2/t31-,32-,33-,34+,35-,36+,37+,38-,39+,40+/m1/s1. The molecular weight excluding hydrogens is 656 g/mol. The quantitative estimate of drug-likeness (QED) is 0.136. The van der Waals surface area contributed by atoms with Crippen molar-refractivity contribution >= 4 is 0 Å². The van der Waals surface area contributed by atoms with Gasteiger partial charge in [-0.05, 0) is 22.3 Å². The lowest BCUT2D eigenvalue weighted by molar-refractivity contribution is -0.342. The van der Waals surface area contributed by atoms with Crippen molar-refractivity contribution in [3.8, 4) is 0 Å². The topological polar surface area (TPSA) is 146 Å². The van der Waals surface area contributed by atoms with Gasteiger partial charge < -0.3 is 53.6 Å². The van der Waals surface area contributed by atoms with E-state index in [1.165, 1.54) is 0 Å². The first-order chi connectivity index (χ1) is 25.0. The number of hydrogen-bond donors (Lipinski definition) is 4. The van der Waals surface area contributed by atoms with Gasteiger partial charge in [0, 0.05) is 0 Å². The predicted molar refractivity (Wildman–Crippen MR) is 185 cm³/mol. The van der Waals surface area contributed by atoms with Crippen molar-refractivity contribution in [3.63, 3.8) is 0 Å². The summed E-state index contributed by atoms with van der Waals surface area (Å²) in [5.41, 5.74) is 3.82. The first kappa shape index (κ1) is 37.2. The summed E-state index contributed by atoms with van der Waals surface area (Å²) in [6.07, 6.45) is -11.8. The maximum Gasteiger partial charge on any atom is 0.187 e. The first-order valence-electron chi connectivity index (χ1n) is 17.2. The van der Waals surface area contributed by atoms with E-state index in [9.17, 15) is 20.4 Å². The van der Waals surface area contributed by atoms with Gasteiger partial charge in [0.15, 0.2) is 12.6 Å². The van der Waals surface area contributed by atoms with Gasteiger partial charge in [-0.3, -0.25) is 0 Å². The summed E-state index contributed by atoms with van der Waals surface area (Å²) in [5.74, 6) is 0. The number of rotatable bonds is 16. The zero-order valence-electron chi connectivity index (χ0n) is 28.2. The lowest BCUT2D eigenvalue weighted by atomic mass is 9.97. The van der Waals surface area contributed by atoms with E-state index >= 15 is 0 Å². The van der Waals surface area contributed by atoms with Gasteiger partial charge in [-0.15, -0.1) is 0 Å². The maximum atomic E-state index is 10.7. The highest BCUT2D eigenvalue weighted by Crippen LogP contribution is 2.32. The highest BCUT2D eigenvalue weighted by molar-refractivity contribution is 5.16. The average molecular weight is 703 g/mol. The summed E-state index contributed by atoms with van der Waals surface area (Å²) < 4.78 is 44.4. The van der Waals surface area contributed by atoms with Crippen LogP contribution in [0.2, 0.25) is 0 Å². The molecular formula is C40H46O11. The Morgan fingerprint density at radius 2 is 0.863 bits per heavy atom. The third kappa shape index (κ3) is 10.3. The Kier molecular flexibility index (Phi) is 13.7. The molecule has 0 amide bonds. The lowest BCUT2D eigenvalue weighted by Crippen LogP contribution is -2.63. The minimum absolute atomic E-state index is 0.122. The Hall–Kier alpha value is -3.56. The van der Waals surface area contributed by atoms with Crippen LogP contribution in [0.15, 0.2) is 121 Å². The van der Waals surface area contributed by atoms with Crippen LogP contribution < -0.4 is 0 Å². The van der Waals surface area contributed by atoms with E-state index in [-0.39, 0.29) is 33.0 Å². The van der Waals surface area contributed by atoms with Gasteiger partial charge in [0.2, 0.25) is 0 Å². The van der Waals surface area contributed by atoms with Crippen LogP contribution in [0.3, 0.4) is 0 Å². The molecule has 2 saturated heterocycles. The fourth-order valence-corrected chi connectivity index (χ4v) is 6.14. The van der Waals surface area contributed by atoms with Crippen molar-refractivity contribution < 1.29 is 53.6 Å². The van der Waals surface area contributed by atoms with E-state index in [0.29, 0.717) is 6.61 Å². The maximum absolute atomic E-state index is 10.7. The molecule has 10 atom stereocenters. The van der Waals surface area contributed by atoms with E-state index in [0.717, 1.165) is 22.3 Å². The van der Waals surface area contributed by atoms with Crippen molar-refractivity contribution in [1.82, 2.24) is 0 Å². The zero-order chi connectivity index (χ0) is 35.4. The summed E-state index contributed by atoms with van der Waals surface area (Å²) >= 11 is 0. The number of aliphatic hydroxyl groups excluding tert-OH is 4. The van der Waals surface area contributed by atoms with E-state index in [4.69, 9.17) is 33.2 Å². The first-order valence-corrected chi connectivity index (χ1v) is 17.2. The molecule has 2 aliphatic rings. The van der Waals surface area contributed by atoms with Crippen LogP contribution in [0.5, 0.6) is 0 Å². The van der Waals surface area contributed by atoms with E-state index < -0.39 is 61.4 Å². The van der Waals surface area contributed by atoms with Gasteiger partial charge in [0.25, 0.3) is 0 Å². The monoisotopic (exact) mass is 702 g/mol. The van der Waals surface area contributed by atoms with Crippen molar-refractivity contribution in [2.24, 2.45) is 0 Å². The Bertz CT molecular complexity index is 1550. The molecule has 0 radical (unpaired) electrons. The molecule has 0 bridgehead atoms. The Labute approximate surface area is 297 Å². The molecule has 11 heteroatoms. The SMILES string of the molecule is O[C@@H]1[C@@H](O)[C@@H](O)O[C@H](CO[C@H]2O[C@H](COCc3ccccc3)[C@H](OCc3ccccc3)[C@H](OCc3ccccc3)[C@H]2OCc2ccccc2)[C@H]1O. The Balaban J connectivity index is 1.29. The van der Waals surface area contributed by atoms with Crippen LogP contribution in [-0.2, 0) is 59.6 Å². The molecule has 272 valence electrons.